The topological polar surface area (TPSA) is 12.9 Å². The van der Waals surface area contributed by atoms with E-state index in [1.807, 2.05) is 6.20 Å². The molecule has 1 nitrogen and oxygen atoms in total. The van der Waals surface area contributed by atoms with Crippen LogP contribution in [0.25, 0.3) is 6.08 Å². The lowest BCUT2D eigenvalue weighted by Crippen LogP contribution is -1.89. The molecule has 0 unspecified atom stereocenters. The molecule has 0 aliphatic carbocycles. The lowest BCUT2D eigenvalue weighted by molar-refractivity contribution is 0.529. The van der Waals surface area contributed by atoms with Crippen molar-refractivity contribution in [3.8, 4) is 0 Å². The molecule has 0 saturated carbocycles. The molecule has 1 heterocycles. The first-order chi connectivity index (χ1) is 12.9. The normalized spacial score (nSPS) is 11.0. The third kappa shape index (κ3) is 13.1. The lowest BCUT2D eigenvalue weighted by Gasteiger charge is -2.04. The van der Waals surface area contributed by atoms with Gasteiger partial charge in [0.05, 0.1) is 5.69 Å². The predicted molar refractivity (Wildman–Crippen MR) is 118 cm³/mol. The molecule has 0 aliphatic heterocycles. The SMILES string of the molecule is C=Cc1ccc(CCCCCCCCCCCCCCCCCC)cn1. The van der Waals surface area contributed by atoms with Crippen molar-refractivity contribution in [2.75, 3.05) is 0 Å². The molecule has 1 aromatic heterocycles. The molecule has 0 aliphatic rings. The molecule has 1 aromatic rings. The van der Waals surface area contributed by atoms with Crippen LogP contribution < -0.4 is 0 Å². The monoisotopic (exact) mass is 357 g/mol. The third-order valence-corrected chi connectivity index (χ3v) is 5.38. The molecular formula is C25H43N. The van der Waals surface area contributed by atoms with E-state index in [-0.39, 0.29) is 0 Å². The minimum Gasteiger partial charge on any atom is -0.257 e. The summed E-state index contributed by atoms with van der Waals surface area (Å²) in [4.78, 5) is 4.37. The molecule has 0 amide bonds. The lowest BCUT2D eigenvalue weighted by atomic mass is 10.0. The molecule has 0 radical (unpaired) electrons. The van der Waals surface area contributed by atoms with Gasteiger partial charge in [-0.3, -0.25) is 4.98 Å². The van der Waals surface area contributed by atoms with Crippen LogP contribution >= 0.6 is 0 Å². The van der Waals surface area contributed by atoms with E-state index in [9.17, 15) is 0 Å². The predicted octanol–water partition coefficient (Wildman–Crippen LogP) is 8.53. The summed E-state index contributed by atoms with van der Waals surface area (Å²) in [5.41, 5.74) is 2.33. The van der Waals surface area contributed by atoms with Gasteiger partial charge in [-0.2, -0.15) is 0 Å². The van der Waals surface area contributed by atoms with Crippen LogP contribution in [-0.2, 0) is 6.42 Å². The van der Waals surface area contributed by atoms with Crippen molar-refractivity contribution in [1.29, 1.82) is 0 Å². The Morgan fingerprint density at radius 2 is 1.15 bits per heavy atom. The van der Waals surface area contributed by atoms with Crippen molar-refractivity contribution in [2.45, 2.75) is 116 Å². The van der Waals surface area contributed by atoms with Gasteiger partial charge in [-0.15, -0.1) is 0 Å². The third-order valence-electron chi connectivity index (χ3n) is 5.38. The molecule has 26 heavy (non-hydrogen) atoms. The second-order valence-electron chi connectivity index (χ2n) is 7.85. The maximum atomic E-state index is 4.37. The number of nitrogens with zero attached hydrogens (tertiary/aromatic N) is 1. The maximum Gasteiger partial charge on any atom is 0.0623 e. The zero-order valence-corrected chi connectivity index (χ0v) is 17.5. The van der Waals surface area contributed by atoms with E-state index in [2.05, 4.69) is 30.6 Å². The van der Waals surface area contributed by atoms with Crippen LogP contribution in [0.5, 0.6) is 0 Å². The van der Waals surface area contributed by atoms with Crippen LogP contribution in [0.2, 0.25) is 0 Å². The van der Waals surface area contributed by atoms with Crippen molar-refractivity contribution < 1.29 is 0 Å². The highest BCUT2D eigenvalue weighted by molar-refractivity contribution is 5.41. The van der Waals surface area contributed by atoms with Gasteiger partial charge in [0, 0.05) is 6.20 Å². The highest BCUT2D eigenvalue weighted by Crippen LogP contribution is 2.14. The number of unbranched alkanes of at least 4 members (excludes halogenated alkanes) is 15. The van der Waals surface area contributed by atoms with E-state index in [1.165, 1.54) is 115 Å². The van der Waals surface area contributed by atoms with Crippen molar-refractivity contribution in [3.05, 3.63) is 36.2 Å². The number of aromatic nitrogens is 1. The molecule has 0 bridgehead atoms. The van der Waals surface area contributed by atoms with E-state index < -0.39 is 0 Å². The second-order valence-corrected chi connectivity index (χ2v) is 7.85. The van der Waals surface area contributed by atoms with Gasteiger partial charge in [0.2, 0.25) is 0 Å². The fourth-order valence-electron chi connectivity index (χ4n) is 3.58. The standard InChI is InChI=1S/C25H43N/c1-3-5-6-7-8-9-10-11-12-13-14-15-16-17-18-19-20-24-21-22-25(4-2)26-23-24/h4,21-23H,2-3,5-20H2,1H3. The summed E-state index contributed by atoms with van der Waals surface area (Å²) >= 11 is 0. The second kappa shape index (κ2) is 17.3. The number of rotatable bonds is 18. The highest BCUT2D eigenvalue weighted by Gasteiger charge is 1.96. The quantitative estimate of drug-likeness (QED) is 0.240. The first kappa shape index (κ1) is 22.9. The van der Waals surface area contributed by atoms with Gasteiger partial charge in [-0.25, -0.2) is 0 Å². The fraction of sp³-hybridized carbons (Fsp3) is 0.720. The van der Waals surface area contributed by atoms with Crippen molar-refractivity contribution >= 4 is 6.08 Å². The average molecular weight is 358 g/mol. The summed E-state index contributed by atoms with van der Waals surface area (Å²) in [6.07, 6.45) is 27.8. The van der Waals surface area contributed by atoms with Gasteiger partial charge in [-0.1, -0.05) is 116 Å². The highest BCUT2D eigenvalue weighted by atomic mass is 14.7. The first-order valence-electron chi connectivity index (χ1n) is 11.4. The summed E-state index contributed by atoms with van der Waals surface area (Å²) in [5, 5.41) is 0. The fourth-order valence-corrected chi connectivity index (χ4v) is 3.58. The Morgan fingerprint density at radius 1 is 0.692 bits per heavy atom. The van der Waals surface area contributed by atoms with Gasteiger partial charge >= 0.3 is 0 Å². The maximum absolute atomic E-state index is 4.37. The molecule has 148 valence electrons. The summed E-state index contributed by atoms with van der Waals surface area (Å²) < 4.78 is 0. The minimum absolute atomic E-state index is 0.973. The van der Waals surface area contributed by atoms with Crippen LogP contribution in [0.1, 0.15) is 121 Å². The molecule has 1 rings (SSSR count). The van der Waals surface area contributed by atoms with Gasteiger partial charge in [-0.05, 0) is 30.5 Å². The van der Waals surface area contributed by atoms with E-state index in [4.69, 9.17) is 0 Å². The Morgan fingerprint density at radius 3 is 1.54 bits per heavy atom. The van der Waals surface area contributed by atoms with Gasteiger partial charge in [0.1, 0.15) is 0 Å². The van der Waals surface area contributed by atoms with E-state index in [0.29, 0.717) is 0 Å². The summed E-state index contributed by atoms with van der Waals surface area (Å²) in [7, 11) is 0. The minimum atomic E-state index is 0.973. The Hall–Kier alpha value is -1.11. The number of hydrogen-bond donors (Lipinski definition) is 0. The largest absolute Gasteiger partial charge is 0.257 e. The van der Waals surface area contributed by atoms with Crippen LogP contribution in [0.3, 0.4) is 0 Å². The molecule has 0 fully saturated rings. The number of aryl methyl sites for hydroxylation is 1. The Kier molecular flexibility index (Phi) is 15.3. The van der Waals surface area contributed by atoms with E-state index in [0.717, 1.165) is 5.69 Å². The molecule has 0 atom stereocenters. The van der Waals surface area contributed by atoms with E-state index >= 15 is 0 Å². The zero-order chi connectivity index (χ0) is 18.7. The average Bonchev–Trinajstić information content (AvgIpc) is 2.68. The Labute approximate surface area is 163 Å². The molecule has 1 heteroatoms. The Bertz CT molecular complexity index is 420. The summed E-state index contributed by atoms with van der Waals surface area (Å²) in [6, 6.07) is 4.25. The molecule has 0 aromatic carbocycles. The van der Waals surface area contributed by atoms with Crippen molar-refractivity contribution in [2.24, 2.45) is 0 Å². The first-order valence-corrected chi connectivity index (χ1v) is 11.4. The van der Waals surface area contributed by atoms with Crippen molar-refractivity contribution in [3.63, 3.8) is 0 Å². The molecule has 0 N–H and O–H groups in total. The number of hydrogen-bond acceptors (Lipinski definition) is 1. The van der Waals surface area contributed by atoms with Crippen LogP contribution in [0.4, 0.5) is 0 Å². The Balaban J connectivity index is 1.77. The molecular weight excluding hydrogens is 314 g/mol. The molecule has 0 saturated heterocycles. The van der Waals surface area contributed by atoms with Crippen LogP contribution in [0.15, 0.2) is 24.9 Å². The van der Waals surface area contributed by atoms with Gasteiger partial charge < -0.3 is 0 Å². The van der Waals surface area contributed by atoms with E-state index in [1.54, 1.807) is 6.08 Å². The van der Waals surface area contributed by atoms with Crippen LogP contribution in [-0.4, -0.2) is 4.98 Å². The van der Waals surface area contributed by atoms with Crippen molar-refractivity contribution in [1.82, 2.24) is 4.98 Å². The summed E-state index contributed by atoms with van der Waals surface area (Å²) in [6.45, 7) is 6.04. The van der Waals surface area contributed by atoms with Gasteiger partial charge in [0.25, 0.3) is 0 Å². The zero-order valence-electron chi connectivity index (χ0n) is 17.5. The van der Waals surface area contributed by atoms with Gasteiger partial charge in [0.15, 0.2) is 0 Å². The molecule has 0 spiro atoms. The van der Waals surface area contributed by atoms with Crippen LogP contribution in [0, 0.1) is 0 Å². The summed E-state index contributed by atoms with van der Waals surface area (Å²) in [5.74, 6) is 0. The smallest absolute Gasteiger partial charge is 0.0623 e. The number of pyridine rings is 1.